The number of hydrogen-bond donors (Lipinski definition) is 1. The van der Waals surface area contributed by atoms with Crippen molar-refractivity contribution in [2.75, 3.05) is 6.61 Å². The predicted octanol–water partition coefficient (Wildman–Crippen LogP) is 3.49. The molecule has 1 aromatic carbocycles. The quantitative estimate of drug-likeness (QED) is 0.809. The molecule has 2 heteroatoms. The Bertz CT molecular complexity index is 394. The van der Waals surface area contributed by atoms with E-state index < -0.39 is 0 Å². The Balaban J connectivity index is 1.75. The first-order valence-electron chi connectivity index (χ1n) is 7.26. The van der Waals surface area contributed by atoms with E-state index in [4.69, 9.17) is 4.74 Å². The number of ether oxygens (including phenoxy) is 1. The summed E-state index contributed by atoms with van der Waals surface area (Å²) in [5, 5.41) is 10.7. The van der Waals surface area contributed by atoms with Crippen molar-refractivity contribution in [2.24, 2.45) is 5.92 Å². The minimum atomic E-state index is -0.230. The summed E-state index contributed by atoms with van der Waals surface area (Å²) in [6.07, 6.45) is 7.35. The van der Waals surface area contributed by atoms with E-state index >= 15 is 0 Å². The van der Waals surface area contributed by atoms with Crippen molar-refractivity contribution >= 4 is 0 Å². The van der Waals surface area contributed by atoms with Crippen LogP contribution < -0.4 is 4.74 Å². The van der Waals surface area contributed by atoms with Crippen LogP contribution in [-0.4, -0.2) is 17.8 Å². The van der Waals surface area contributed by atoms with Gasteiger partial charge >= 0.3 is 0 Å². The summed E-state index contributed by atoms with van der Waals surface area (Å²) in [7, 11) is 0. The molecule has 2 aliphatic rings. The second-order valence-electron chi connectivity index (χ2n) is 5.70. The van der Waals surface area contributed by atoms with Gasteiger partial charge < -0.3 is 9.84 Å². The van der Waals surface area contributed by atoms with Crippen LogP contribution in [0.15, 0.2) is 24.3 Å². The van der Waals surface area contributed by atoms with Crippen LogP contribution in [0.5, 0.6) is 5.75 Å². The van der Waals surface area contributed by atoms with E-state index in [0.717, 1.165) is 5.75 Å². The fourth-order valence-electron chi connectivity index (χ4n) is 3.45. The van der Waals surface area contributed by atoms with E-state index in [1.54, 1.807) is 0 Å². The molecule has 3 rings (SSSR count). The smallest absolute Gasteiger partial charge is 0.123 e. The zero-order valence-electron chi connectivity index (χ0n) is 10.8. The van der Waals surface area contributed by atoms with Crippen LogP contribution >= 0.6 is 0 Å². The molecule has 2 unspecified atom stereocenters. The summed E-state index contributed by atoms with van der Waals surface area (Å²) in [4.78, 5) is 0. The first-order chi connectivity index (χ1) is 8.86. The Labute approximate surface area is 109 Å². The van der Waals surface area contributed by atoms with Crippen LogP contribution in [0.1, 0.15) is 50.0 Å². The van der Waals surface area contributed by atoms with Crippen molar-refractivity contribution < 1.29 is 9.84 Å². The molecule has 0 radical (unpaired) electrons. The zero-order chi connectivity index (χ0) is 12.4. The average molecular weight is 246 g/mol. The second-order valence-corrected chi connectivity index (χ2v) is 5.70. The average Bonchev–Trinajstić information content (AvgIpc) is 2.65. The molecule has 0 aromatic heterocycles. The van der Waals surface area contributed by atoms with Gasteiger partial charge in [0.25, 0.3) is 0 Å². The molecular formula is C16H22O2. The van der Waals surface area contributed by atoms with Gasteiger partial charge in [-0.05, 0) is 24.8 Å². The maximum Gasteiger partial charge on any atom is 0.123 e. The van der Waals surface area contributed by atoms with E-state index in [0.29, 0.717) is 12.5 Å². The standard InChI is InChI=1S/C16H22O2/c17-16(12-7-3-1-2-4-8-12)14-11-18-15-10-6-5-9-13(14)15/h5-6,9-10,12,14,16-17H,1-4,7-8,11H2. The van der Waals surface area contributed by atoms with E-state index in [2.05, 4.69) is 6.07 Å². The third kappa shape index (κ3) is 2.26. The van der Waals surface area contributed by atoms with Crippen molar-refractivity contribution in [3.8, 4) is 5.75 Å². The molecule has 0 spiro atoms. The lowest BCUT2D eigenvalue weighted by Crippen LogP contribution is -2.28. The number of fused-ring (bicyclic) bond motifs is 1. The van der Waals surface area contributed by atoms with Gasteiger partial charge in [-0.2, -0.15) is 0 Å². The largest absolute Gasteiger partial charge is 0.493 e. The Morgan fingerprint density at radius 2 is 1.78 bits per heavy atom. The Morgan fingerprint density at radius 3 is 2.56 bits per heavy atom. The van der Waals surface area contributed by atoms with Crippen LogP contribution in [-0.2, 0) is 0 Å². The molecular weight excluding hydrogens is 224 g/mol. The van der Waals surface area contributed by atoms with Gasteiger partial charge in [0.15, 0.2) is 0 Å². The van der Waals surface area contributed by atoms with Crippen LogP contribution in [0.25, 0.3) is 0 Å². The summed E-state index contributed by atoms with van der Waals surface area (Å²) in [6, 6.07) is 8.15. The molecule has 1 aromatic rings. The number of aliphatic hydroxyl groups excluding tert-OH is 1. The summed E-state index contributed by atoms with van der Waals surface area (Å²) < 4.78 is 5.69. The number of para-hydroxylation sites is 1. The van der Waals surface area contributed by atoms with E-state index in [1.165, 1.54) is 44.1 Å². The first-order valence-corrected chi connectivity index (χ1v) is 7.26. The molecule has 98 valence electrons. The van der Waals surface area contributed by atoms with Crippen molar-refractivity contribution in [1.29, 1.82) is 0 Å². The molecule has 2 atom stereocenters. The minimum Gasteiger partial charge on any atom is -0.493 e. The van der Waals surface area contributed by atoms with Crippen molar-refractivity contribution in [3.63, 3.8) is 0 Å². The van der Waals surface area contributed by atoms with Gasteiger partial charge in [-0.1, -0.05) is 43.9 Å². The fraction of sp³-hybridized carbons (Fsp3) is 0.625. The molecule has 0 amide bonds. The Morgan fingerprint density at radius 1 is 1.06 bits per heavy atom. The van der Waals surface area contributed by atoms with Gasteiger partial charge in [0.05, 0.1) is 12.7 Å². The second kappa shape index (κ2) is 5.31. The van der Waals surface area contributed by atoms with Gasteiger partial charge in [0.1, 0.15) is 5.75 Å². The molecule has 1 fully saturated rings. The van der Waals surface area contributed by atoms with Gasteiger partial charge in [0.2, 0.25) is 0 Å². The molecule has 0 saturated heterocycles. The normalized spacial score (nSPS) is 26.2. The zero-order valence-corrected chi connectivity index (χ0v) is 10.8. The third-order valence-electron chi connectivity index (χ3n) is 4.53. The number of benzene rings is 1. The highest BCUT2D eigenvalue weighted by Crippen LogP contribution is 2.40. The van der Waals surface area contributed by atoms with E-state index in [1.807, 2.05) is 18.2 Å². The topological polar surface area (TPSA) is 29.5 Å². The lowest BCUT2D eigenvalue weighted by molar-refractivity contribution is 0.0642. The third-order valence-corrected chi connectivity index (χ3v) is 4.53. The lowest BCUT2D eigenvalue weighted by Gasteiger charge is -2.25. The lowest BCUT2D eigenvalue weighted by atomic mass is 9.83. The highest BCUT2D eigenvalue weighted by molar-refractivity contribution is 5.40. The minimum absolute atomic E-state index is 0.185. The maximum absolute atomic E-state index is 10.7. The number of aliphatic hydroxyl groups is 1. The molecule has 18 heavy (non-hydrogen) atoms. The molecule has 0 bridgehead atoms. The van der Waals surface area contributed by atoms with Crippen molar-refractivity contribution in [1.82, 2.24) is 0 Å². The van der Waals surface area contributed by atoms with Gasteiger partial charge in [-0.15, -0.1) is 0 Å². The first kappa shape index (κ1) is 12.0. The van der Waals surface area contributed by atoms with Gasteiger partial charge in [-0.3, -0.25) is 0 Å². The SMILES string of the molecule is OC(C1CCCCCC1)C1COc2ccccc21. The Kier molecular flexibility index (Phi) is 3.55. The van der Waals surface area contributed by atoms with Crippen molar-refractivity contribution in [3.05, 3.63) is 29.8 Å². The molecule has 1 N–H and O–H groups in total. The summed E-state index contributed by atoms with van der Waals surface area (Å²) in [5.41, 5.74) is 1.20. The van der Waals surface area contributed by atoms with Gasteiger partial charge in [0, 0.05) is 11.5 Å². The number of hydrogen-bond acceptors (Lipinski definition) is 2. The van der Waals surface area contributed by atoms with Crippen LogP contribution in [0.2, 0.25) is 0 Å². The fourth-order valence-corrected chi connectivity index (χ4v) is 3.45. The van der Waals surface area contributed by atoms with Crippen LogP contribution in [0.3, 0.4) is 0 Å². The van der Waals surface area contributed by atoms with E-state index in [9.17, 15) is 5.11 Å². The Hall–Kier alpha value is -1.02. The highest BCUT2D eigenvalue weighted by Gasteiger charge is 2.34. The molecule has 1 aliphatic heterocycles. The van der Waals surface area contributed by atoms with Crippen LogP contribution in [0.4, 0.5) is 0 Å². The summed E-state index contributed by atoms with van der Waals surface area (Å²) in [6.45, 7) is 0.650. The van der Waals surface area contributed by atoms with Crippen molar-refractivity contribution in [2.45, 2.75) is 50.5 Å². The summed E-state index contributed by atoms with van der Waals surface area (Å²) >= 11 is 0. The molecule has 1 aliphatic carbocycles. The van der Waals surface area contributed by atoms with Crippen LogP contribution in [0, 0.1) is 5.92 Å². The van der Waals surface area contributed by atoms with Gasteiger partial charge in [-0.25, -0.2) is 0 Å². The highest BCUT2D eigenvalue weighted by atomic mass is 16.5. The number of rotatable bonds is 2. The summed E-state index contributed by atoms with van der Waals surface area (Å²) in [5.74, 6) is 1.62. The monoisotopic (exact) mass is 246 g/mol. The van der Waals surface area contributed by atoms with E-state index in [-0.39, 0.29) is 12.0 Å². The molecule has 1 heterocycles. The maximum atomic E-state index is 10.7. The molecule has 2 nitrogen and oxygen atoms in total. The predicted molar refractivity (Wildman–Crippen MR) is 71.9 cm³/mol. The molecule has 1 saturated carbocycles.